The van der Waals surface area contributed by atoms with Gasteiger partial charge in [0.2, 0.25) is 11.8 Å². The fourth-order valence-corrected chi connectivity index (χ4v) is 3.55. The zero-order chi connectivity index (χ0) is 14.7. The summed E-state index contributed by atoms with van der Waals surface area (Å²) in [6.07, 6.45) is 5.81. The second-order valence-corrected chi connectivity index (χ2v) is 6.39. The molecule has 0 aromatic heterocycles. The highest BCUT2D eigenvalue weighted by Gasteiger charge is 2.38. The normalized spacial score (nSPS) is 30.4. The molecule has 1 heterocycles. The minimum atomic E-state index is -0.240. The summed E-state index contributed by atoms with van der Waals surface area (Å²) in [5, 5.41) is 0. The first-order chi connectivity index (χ1) is 9.54. The Hall–Kier alpha value is -1.10. The van der Waals surface area contributed by atoms with Crippen molar-refractivity contribution >= 4 is 11.8 Å². The van der Waals surface area contributed by atoms with Crippen molar-refractivity contribution in [3.05, 3.63) is 0 Å². The first kappa shape index (κ1) is 15.3. The van der Waals surface area contributed by atoms with Crippen LogP contribution in [-0.4, -0.2) is 54.8 Å². The first-order valence-electron chi connectivity index (χ1n) is 7.76. The predicted octanol–water partition coefficient (Wildman–Crippen LogP) is 0.831. The predicted molar refractivity (Wildman–Crippen MR) is 77.9 cm³/mol. The van der Waals surface area contributed by atoms with E-state index in [0.717, 1.165) is 45.1 Å². The lowest BCUT2D eigenvalue weighted by atomic mass is 9.80. The van der Waals surface area contributed by atoms with Crippen LogP contribution in [0.1, 0.15) is 38.5 Å². The van der Waals surface area contributed by atoms with Crippen molar-refractivity contribution < 1.29 is 9.59 Å². The Morgan fingerprint density at radius 3 is 2.60 bits per heavy atom. The molecule has 1 saturated carbocycles. The van der Waals surface area contributed by atoms with E-state index >= 15 is 0 Å². The molecule has 3 atom stereocenters. The van der Waals surface area contributed by atoms with Gasteiger partial charge in [-0.3, -0.25) is 9.59 Å². The number of amides is 2. The van der Waals surface area contributed by atoms with Gasteiger partial charge in [0.1, 0.15) is 6.04 Å². The standard InChI is InChI=1S/C15H27N3O2/c1-17(2)15(20)13-7-4-8-18(13)14(19)12-6-3-5-11(9-12)10-16/h11-13H,3-10,16H2,1-2H3. The summed E-state index contributed by atoms with van der Waals surface area (Å²) in [6, 6.07) is -0.240. The number of likely N-dealkylation sites (N-methyl/N-ethyl adjacent to an activating group) is 1. The summed E-state index contributed by atoms with van der Waals surface area (Å²) in [4.78, 5) is 28.3. The van der Waals surface area contributed by atoms with Crippen molar-refractivity contribution in [1.29, 1.82) is 0 Å². The molecule has 20 heavy (non-hydrogen) atoms. The van der Waals surface area contributed by atoms with Gasteiger partial charge in [0.05, 0.1) is 0 Å². The Morgan fingerprint density at radius 2 is 1.95 bits per heavy atom. The van der Waals surface area contributed by atoms with Gasteiger partial charge in [0.25, 0.3) is 0 Å². The third-order valence-electron chi connectivity index (χ3n) is 4.73. The summed E-state index contributed by atoms with van der Waals surface area (Å²) in [5.74, 6) is 0.791. The van der Waals surface area contributed by atoms with Crippen molar-refractivity contribution in [2.75, 3.05) is 27.2 Å². The summed E-state index contributed by atoms with van der Waals surface area (Å²) >= 11 is 0. The highest BCUT2D eigenvalue weighted by Crippen LogP contribution is 2.32. The monoisotopic (exact) mass is 281 g/mol. The number of rotatable bonds is 3. The van der Waals surface area contributed by atoms with E-state index in [2.05, 4.69) is 0 Å². The van der Waals surface area contributed by atoms with E-state index < -0.39 is 0 Å². The van der Waals surface area contributed by atoms with Crippen molar-refractivity contribution in [1.82, 2.24) is 9.80 Å². The SMILES string of the molecule is CN(C)C(=O)C1CCCN1C(=O)C1CCCC(CN)C1. The molecule has 1 aliphatic carbocycles. The molecule has 3 unspecified atom stereocenters. The number of nitrogens with two attached hydrogens (primary N) is 1. The molecule has 5 nitrogen and oxygen atoms in total. The summed E-state index contributed by atoms with van der Waals surface area (Å²) in [7, 11) is 3.52. The maximum absolute atomic E-state index is 12.7. The molecular weight excluding hydrogens is 254 g/mol. The van der Waals surface area contributed by atoms with Crippen LogP contribution in [0.2, 0.25) is 0 Å². The maximum Gasteiger partial charge on any atom is 0.244 e. The van der Waals surface area contributed by atoms with Gasteiger partial charge in [-0.2, -0.15) is 0 Å². The number of hydrogen-bond acceptors (Lipinski definition) is 3. The van der Waals surface area contributed by atoms with Gasteiger partial charge in [0, 0.05) is 26.6 Å². The second kappa shape index (κ2) is 6.57. The topological polar surface area (TPSA) is 66.6 Å². The number of hydrogen-bond donors (Lipinski definition) is 1. The number of nitrogens with zero attached hydrogens (tertiary/aromatic N) is 2. The van der Waals surface area contributed by atoms with E-state index in [1.165, 1.54) is 0 Å². The third kappa shape index (κ3) is 3.14. The van der Waals surface area contributed by atoms with Gasteiger partial charge in [-0.25, -0.2) is 0 Å². The maximum atomic E-state index is 12.7. The molecule has 1 aliphatic heterocycles. The molecule has 0 bridgehead atoms. The third-order valence-corrected chi connectivity index (χ3v) is 4.73. The van der Waals surface area contributed by atoms with Gasteiger partial charge in [-0.15, -0.1) is 0 Å². The molecule has 0 spiro atoms. The zero-order valence-corrected chi connectivity index (χ0v) is 12.7. The molecule has 0 aromatic rings. The van der Waals surface area contributed by atoms with Gasteiger partial charge in [-0.1, -0.05) is 6.42 Å². The van der Waals surface area contributed by atoms with E-state index in [1.54, 1.807) is 19.0 Å². The Bertz CT molecular complexity index is 370. The largest absolute Gasteiger partial charge is 0.347 e. The molecule has 2 N–H and O–H groups in total. The smallest absolute Gasteiger partial charge is 0.244 e. The molecule has 0 aromatic carbocycles. The fraction of sp³-hybridized carbons (Fsp3) is 0.867. The van der Waals surface area contributed by atoms with E-state index in [4.69, 9.17) is 5.73 Å². The van der Waals surface area contributed by atoms with Crippen LogP contribution in [0.25, 0.3) is 0 Å². The lowest BCUT2D eigenvalue weighted by Crippen LogP contribution is -2.48. The highest BCUT2D eigenvalue weighted by molar-refractivity contribution is 5.89. The van der Waals surface area contributed by atoms with Crippen LogP contribution in [0, 0.1) is 11.8 Å². The van der Waals surface area contributed by atoms with Crippen LogP contribution in [0.3, 0.4) is 0 Å². The van der Waals surface area contributed by atoms with Crippen molar-refractivity contribution in [3.63, 3.8) is 0 Å². The molecular formula is C15H27N3O2. The average molecular weight is 281 g/mol. The molecule has 1 saturated heterocycles. The van der Waals surface area contributed by atoms with Crippen LogP contribution in [-0.2, 0) is 9.59 Å². The van der Waals surface area contributed by atoms with Gasteiger partial charge >= 0.3 is 0 Å². The number of carbonyl (C=O) groups is 2. The van der Waals surface area contributed by atoms with E-state index in [1.807, 2.05) is 4.90 Å². The van der Waals surface area contributed by atoms with E-state index in [9.17, 15) is 9.59 Å². The minimum Gasteiger partial charge on any atom is -0.347 e. The fourth-order valence-electron chi connectivity index (χ4n) is 3.55. The van der Waals surface area contributed by atoms with Gasteiger partial charge in [-0.05, 0) is 44.6 Å². The highest BCUT2D eigenvalue weighted by atomic mass is 16.2. The Labute approximate surface area is 121 Å². The summed E-state index contributed by atoms with van der Waals surface area (Å²) in [6.45, 7) is 1.40. The zero-order valence-electron chi connectivity index (χ0n) is 12.7. The molecule has 2 rings (SSSR count). The van der Waals surface area contributed by atoms with Crippen molar-refractivity contribution in [3.8, 4) is 0 Å². The summed E-state index contributed by atoms with van der Waals surface area (Å²) < 4.78 is 0. The Morgan fingerprint density at radius 1 is 1.20 bits per heavy atom. The van der Waals surface area contributed by atoms with Crippen LogP contribution in [0.15, 0.2) is 0 Å². The van der Waals surface area contributed by atoms with E-state index in [-0.39, 0.29) is 23.8 Å². The van der Waals surface area contributed by atoms with Crippen LogP contribution >= 0.6 is 0 Å². The molecule has 114 valence electrons. The van der Waals surface area contributed by atoms with Crippen LogP contribution in [0.4, 0.5) is 0 Å². The molecule has 2 aliphatic rings. The van der Waals surface area contributed by atoms with E-state index in [0.29, 0.717) is 12.5 Å². The molecule has 2 fully saturated rings. The van der Waals surface area contributed by atoms with Crippen LogP contribution in [0.5, 0.6) is 0 Å². The molecule has 5 heteroatoms. The van der Waals surface area contributed by atoms with Gasteiger partial charge < -0.3 is 15.5 Å². The Balaban J connectivity index is 2.02. The number of carbonyl (C=O) groups excluding carboxylic acids is 2. The lowest BCUT2D eigenvalue weighted by molar-refractivity contribution is -0.145. The number of likely N-dealkylation sites (tertiary alicyclic amines) is 1. The van der Waals surface area contributed by atoms with Gasteiger partial charge in [0.15, 0.2) is 0 Å². The average Bonchev–Trinajstić information content (AvgIpc) is 2.94. The van der Waals surface area contributed by atoms with Crippen LogP contribution < -0.4 is 5.73 Å². The van der Waals surface area contributed by atoms with Crippen molar-refractivity contribution in [2.24, 2.45) is 17.6 Å². The summed E-state index contributed by atoms with van der Waals surface area (Å²) in [5.41, 5.74) is 5.75. The lowest BCUT2D eigenvalue weighted by Gasteiger charge is -2.33. The molecule has 2 amide bonds. The second-order valence-electron chi connectivity index (χ2n) is 6.39. The first-order valence-corrected chi connectivity index (χ1v) is 7.76. The quantitative estimate of drug-likeness (QED) is 0.833. The van der Waals surface area contributed by atoms with Crippen molar-refractivity contribution in [2.45, 2.75) is 44.6 Å². The Kier molecular flexibility index (Phi) is 5.02. The molecule has 0 radical (unpaired) electrons. The minimum absolute atomic E-state index is 0.0574.